The van der Waals surface area contributed by atoms with Crippen LogP contribution >= 0.6 is 11.6 Å². The second-order valence-electron chi connectivity index (χ2n) is 6.15. The van der Waals surface area contributed by atoms with Crippen molar-refractivity contribution in [2.24, 2.45) is 0 Å². The Labute approximate surface area is 153 Å². The van der Waals surface area contributed by atoms with E-state index in [1.165, 1.54) is 6.07 Å². The molecule has 1 amide bonds. The quantitative estimate of drug-likeness (QED) is 0.881. The molecule has 2 aromatic carbocycles. The molecule has 0 bridgehead atoms. The Morgan fingerprint density at radius 1 is 1.19 bits per heavy atom. The number of aryl methyl sites for hydroxylation is 1. The molecule has 0 spiro atoms. The number of nitrogens with zero attached hydrogens (tertiary/aromatic N) is 1. The lowest BCUT2D eigenvalue weighted by Gasteiger charge is -2.31. The molecule has 0 aliphatic carbocycles. The molecule has 2 aromatic rings. The number of benzene rings is 2. The predicted octanol–water partition coefficient (Wildman–Crippen LogP) is 3.74. The Balaban J connectivity index is 1.52. The summed E-state index contributed by atoms with van der Waals surface area (Å²) in [5.74, 6) is -0.618. The summed E-state index contributed by atoms with van der Waals surface area (Å²) in [7, 11) is 0. The standard InChI is InChI=1S/C18H15ClF2N2O3/c19-12-6-15-16(26-9-25-15)7-14(12)22-17(24)8-23-3-1-2-10-4-11(20)5-13(21)18(10)23/h4-7H,1-3,8-9H2,(H,22,24). The first-order valence-corrected chi connectivity index (χ1v) is 8.51. The van der Waals surface area contributed by atoms with E-state index in [1.807, 2.05) is 0 Å². The summed E-state index contributed by atoms with van der Waals surface area (Å²) in [5.41, 5.74) is 1.24. The molecule has 1 N–H and O–H groups in total. The van der Waals surface area contributed by atoms with Crippen LogP contribution in [0, 0.1) is 11.6 Å². The molecule has 26 heavy (non-hydrogen) atoms. The second kappa shape index (κ2) is 6.64. The average molecular weight is 381 g/mol. The molecule has 136 valence electrons. The first-order valence-electron chi connectivity index (χ1n) is 8.13. The van der Waals surface area contributed by atoms with Crippen LogP contribution in [0.15, 0.2) is 24.3 Å². The van der Waals surface area contributed by atoms with Crippen LogP contribution < -0.4 is 19.7 Å². The number of fused-ring (bicyclic) bond motifs is 2. The molecule has 0 atom stereocenters. The minimum Gasteiger partial charge on any atom is -0.454 e. The molecule has 8 heteroatoms. The van der Waals surface area contributed by atoms with Crippen molar-refractivity contribution in [1.29, 1.82) is 0 Å². The van der Waals surface area contributed by atoms with Gasteiger partial charge in [-0.1, -0.05) is 11.6 Å². The lowest BCUT2D eigenvalue weighted by molar-refractivity contribution is -0.115. The first kappa shape index (κ1) is 16.9. The minimum absolute atomic E-state index is 0.0691. The molecule has 2 aliphatic heterocycles. The lowest BCUT2D eigenvalue weighted by Crippen LogP contribution is -2.37. The fourth-order valence-electron chi connectivity index (χ4n) is 3.27. The van der Waals surface area contributed by atoms with Crippen LogP contribution in [0.2, 0.25) is 5.02 Å². The van der Waals surface area contributed by atoms with E-state index < -0.39 is 11.6 Å². The van der Waals surface area contributed by atoms with E-state index in [4.69, 9.17) is 21.1 Å². The van der Waals surface area contributed by atoms with Crippen molar-refractivity contribution in [3.63, 3.8) is 0 Å². The fraction of sp³-hybridized carbons (Fsp3) is 0.278. The van der Waals surface area contributed by atoms with Crippen molar-refractivity contribution in [3.05, 3.63) is 46.5 Å². The number of rotatable bonds is 3. The van der Waals surface area contributed by atoms with Gasteiger partial charge in [-0.15, -0.1) is 0 Å². The molecule has 0 fully saturated rings. The lowest BCUT2D eigenvalue weighted by atomic mass is 10.0. The van der Waals surface area contributed by atoms with Crippen LogP contribution in [0.1, 0.15) is 12.0 Å². The van der Waals surface area contributed by atoms with E-state index in [1.54, 1.807) is 17.0 Å². The Morgan fingerprint density at radius 3 is 2.77 bits per heavy atom. The molecule has 2 aliphatic rings. The highest BCUT2D eigenvalue weighted by molar-refractivity contribution is 6.34. The minimum atomic E-state index is -0.659. The van der Waals surface area contributed by atoms with Crippen molar-refractivity contribution >= 4 is 28.9 Å². The van der Waals surface area contributed by atoms with E-state index in [2.05, 4.69) is 5.32 Å². The van der Waals surface area contributed by atoms with Crippen molar-refractivity contribution in [2.75, 3.05) is 30.1 Å². The van der Waals surface area contributed by atoms with E-state index in [0.29, 0.717) is 47.2 Å². The highest BCUT2D eigenvalue weighted by Gasteiger charge is 2.24. The molecule has 0 saturated carbocycles. The third kappa shape index (κ3) is 3.14. The molecular weight excluding hydrogens is 366 g/mol. The van der Waals surface area contributed by atoms with Crippen molar-refractivity contribution in [3.8, 4) is 11.5 Å². The summed E-state index contributed by atoms with van der Waals surface area (Å²) >= 11 is 6.15. The van der Waals surface area contributed by atoms with Gasteiger partial charge < -0.3 is 19.7 Å². The average Bonchev–Trinajstić information content (AvgIpc) is 3.01. The summed E-state index contributed by atoms with van der Waals surface area (Å²) in [6, 6.07) is 5.31. The van der Waals surface area contributed by atoms with Crippen LogP contribution in [0.3, 0.4) is 0 Å². The SMILES string of the molecule is O=C(CN1CCCc2cc(F)cc(F)c21)Nc1cc2c(cc1Cl)OCO2. The van der Waals surface area contributed by atoms with Gasteiger partial charge in [0.1, 0.15) is 11.6 Å². The normalized spacial score (nSPS) is 15.0. The molecule has 5 nitrogen and oxygen atoms in total. The third-order valence-corrected chi connectivity index (χ3v) is 4.68. The van der Waals surface area contributed by atoms with Crippen LogP contribution in [0.4, 0.5) is 20.2 Å². The maximum absolute atomic E-state index is 14.2. The third-order valence-electron chi connectivity index (χ3n) is 4.37. The largest absolute Gasteiger partial charge is 0.454 e. The summed E-state index contributed by atoms with van der Waals surface area (Å²) in [5, 5.41) is 3.02. The predicted molar refractivity (Wildman–Crippen MR) is 93.1 cm³/mol. The van der Waals surface area contributed by atoms with Gasteiger partial charge in [0.2, 0.25) is 12.7 Å². The summed E-state index contributed by atoms with van der Waals surface area (Å²) in [6.07, 6.45) is 1.30. The van der Waals surface area contributed by atoms with Crippen molar-refractivity contribution < 1.29 is 23.0 Å². The van der Waals surface area contributed by atoms with Gasteiger partial charge in [0, 0.05) is 24.7 Å². The summed E-state index contributed by atoms with van der Waals surface area (Å²) in [6.45, 7) is 0.543. The van der Waals surface area contributed by atoms with Crippen LogP contribution in [-0.2, 0) is 11.2 Å². The Morgan fingerprint density at radius 2 is 1.96 bits per heavy atom. The smallest absolute Gasteiger partial charge is 0.243 e. The molecule has 4 rings (SSSR count). The number of anilines is 2. The fourth-order valence-corrected chi connectivity index (χ4v) is 3.47. The Kier molecular flexibility index (Phi) is 4.32. The number of carbonyl (C=O) groups is 1. The van der Waals surface area contributed by atoms with E-state index in [-0.39, 0.29) is 24.9 Å². The number of carbonyl (C=O) groups excluding carboxylic acids is 1. The maximum atomic E-state index is 14.2. The molecule has 0 aromatic heterocycles. The molecule has 0 saturated heterocycles. The van der Waals surface area contributed by atoms with Gasteiger partial charge in [-0.25, -0.2) is 8.78 Å². The number of hydrogen-bond acceptors (Lipinski definition) is 4. The molecule has 0 radical (unpaired) electrons. The summed E-state index contributed by atoms with van der Waals surface area (Å²) in [4.78, 5) is 14.1. The van der Waals surface area contributed by atoms with Crippen LogP contribution in [0.5, 0.6) is 11.5 Å². The Bertz CT molecular complexity index is 891. The van der Waals surface area contributed by atoms with Gasteiger partial charge in [-0.2, -0.15) is 0 Å². The first-order chi connectivity index (χ1) is 12.5. The summed E-state index contributed by atoms with van der Waals surface area (Å²) < 4.78 is 38.1. The van der Waals surface area contributed by atoms with Crippen LogP contribution in [0.25, 0.3) is 0 Å². The number of amides is 1. The number of hydrogen-bond donors (Lipinski definition) is 1. The zero-order chi connectivity index (χ0) is 18.3. The van der Waals surface area contributed by atoms with Gasteiger partial charge in [0.05, 0.1) is 22.9 Å². The topological polar surface area (TPSA) is 50.8 Å². The number of halogens is 3. The van der Waals surface area contributed by atoms with Gasteiger partial charge in [-0.3, -0.25) is 4.79 Å². The van der Waals surface area contributed by atoms with Gasteiger partial charge in [0.15, 0.2) is 11.5 Å². The maximum Gasteiger partial charge on any atom is 0.243 e. The molecule has 0 unspecified atom stereocenters. The van der Waals surface area contributed by atoms with E-state index in [0.717, 1.165) is 6.07 Å². The molecular formula is C18H15ClF2N2O3. The highest BCUT2D eigenvalue weighted by Crippen LogP contribution is 2.39. The zero-order valence-electron chi connectivity index (χ0n) is 13.7. The van der Waals surface area contributed by atoms with Gasteiger partial charge in [-0.05, 0) is 24.5 Å². The van der Waals surface area contributed by atoms with Gasteiger partial charge in [0.25, 0.3) is 0 Å². The number of nitrogens with one attached hydrogen (secondary N) is 1. The van der Waals surface area contributed by atoms with Crippen molar-refractivity contribution in [2.45, 2.75) is 12.8 Å². The Hall–Kier alpha value is -2.54. The number of ether oxygens (including phenoxy) is 2. The van der Waals surface area contributed by atoms with Crippen molar-refractivity contribution in [1.82, 2.24) is 0 Å². The van der Waals surface area contributed by atoms with Crippen LogP contribution in [-0.4, -0.2) is 25.8 Å². The second-order valence-corrected chi connectivity index (χ2v) is 6.56. The van der Waals surface area contributed by atoms with E-state index in [9.17, 15) is 13.6 Å². The zero-order valence-corrected chi connectivity index (χ0v) is 14.4. The van der Waals surface area contributed by atoms with Gasteiger partial charge >= 0.3 is 0 Å². The molecule has 2 heterocycles. The monoisotopic (exact) mass is 380 g/mol. The van der Waals surface area contributed by atoms with E-state index >= 15 is 0 Å². The highest BCUT2D eigenvalue weighted by atomic mass is 35.5.